The van der Waals surface area contributed by atoms with Crippen molar-refractivity contribution in [2.75, 3.05) is 0 Å². The summed E-state index contributed by atoms with van der Waals surface area (Å²) in [6, 6.07) is -0.838. The molecular formula is C3H4Na4O5Si. The third-order valence-electron chi connectivity index (χ3n) is 0.635. The molecule has 13 heavy (non-hydrogen) atoms. The maximum Gasteiger partial charge on any atom is 1.00 e. The zero-order valence-corrected chi connectivity index (χ0v) is 17.5. The number of carbonyl (C=O) groups is 1. The van der Waals surface area contributed by atoms with E-state index in [9.17, 15) is 24.3 Å². The van der Waals surface area contributed by atoms with Crippen LogP contribution in [0.2, 0.25) is 6.04 Å². The largest absolute Gasteiger partial charge is 1.00 e. The van der Waals surface area contributed by atoms with Crippen molar-refractivity contribution in [3.05, 3.63) is 0 Å². The monoisotopic (exact) mass is 240 g/mol. The fourth-order valence-corrected chi connectivity index (χ4v) is 0.765. The predicted molar refractivity (Wildman–Crippen MR) is 20.2 cm³/mol. The summed E-state index contributed by atoms with van der Waals surface area (Å²) in [5.74, 6) is -1.52. The van der Waals surface area contributed by atoms with Crippen LogP contribution in [0.15, 0.2) is 0 Å². The molecule has 0 heterocycles. The van der Waals surface area contributed by atoms with Crippen molar-refractivity contribution in [2.24, 2.45) is 0 Å². The molecule has 0 aromatic heterocycles. The third kappa shape index (κ3) is 31.3. The molecule has 0 aromatic rings. The zero-order chi connectivity index (χ0) is 7.49. The summed E-state index contributed by atoms with van der Waals surface area (Å²) in [7, 11) is -4.89. The third-order valence-corrected chi connectivity index (χ3v) is 1.50. The summed E-state index contributed by atoms with van der Waals surface area (Å²) in [6.07, 6.45) is -0.706. The van der Waals surface area contributed by atoms with Crippen LogP contribution in [-0.4, -0.2) is 14.8 Å². The second-order valence-corrected chi connectivity index (χ2v) is 3.42. The van der Waals surface area contributed by atoms with Crippen molar-refractivity contribution in [1.29, 1.82) is 0 Å². The SMILES string of the molecule is O=C([O-])CC[Si]([O-])([O-])[O-].[Na+].[Na+].[Na+].[Na+]. The number of aliphatic carboxylic acids is 1. The van der Waals surface area contributed by atoms with E-state index in [1.54, 1.807) is 0 Å². The van der Waals surface area contributed by atoms with Gasteiger partial charge in [0, 0.05) is 5.97 Å². The molecule has 0 bridgehead atoms. The van der Waals surface area contributed by atoms with Crippen LogP contribution in [0.4, 0.5) is 0 Å². The molecule has 0 rings (SSSR count). The quantitative estimate of drug-likeness (QED) is 0.455. The van der Waals surface area contributed by atoms with Gasteiger partial charge in [0.15, 0.2) is 0 Å². The first-order valence-corrected chi connectivity index (χ1v) is 4.16. The molecule has 0 spiro atoms. The molecule has 0 radical (unpaired) electrons. The van der Waals surface area contributed by atoms with E-state index in [-0.39, 0.29) is 118 Å². The number of hydrogen-bond acceptors (Lipinski definition) is 5. The van der Waals surface area contributed by atoms with Crippen LogP contribution in [0.25, 0.3) is 0 Å². The molecule has 0 saturated carbocycles. The fraction of sp³-hybridized carbons (Fsp3) is 0.667. The van der Waals surface area contributed by atoms with E-state index in [1.165, 1.54) is 0 Å². The van der Waals surface area contributed by atoms with Crippen LogP contribution < -0.4 is 138 Å². The molecule has 0 aromatic carbocycles. The van der Waals surface area contributed by atoms with E-state index in [0.29, 0.717) is 0 Å². The van der Waals surface area contributed by atoms with E-state index < -0.39 is 27.2 Å². The van der Waals surface area contributed by atoms with E-state index >= 15 is 0 Å². The van der Waals surface area contributed by atoms with Crippen LogP contribution >= 0.6 is 0 Å². The summed E-state index contributed by atoms with van der Waals surface area (Å²) in [4.78, 5) is 38.8. The molecule has 54 valence electrons. The molecule has 0 fully saturated rings. The molecule has 0 amide bonds. The zero-order valence-electron chi connectivity index (χ0n) is 8.46. The van der Waals surface area contributed by atoms with E-state index in [0.717, 1.165) is 0 Å². The Morgan fingerprint density at radius 2 is 1.31 bits per heavy atom. The van der Waals surface area contributed by atoms with Crippen LogP contribution in [0, 0.1) is 0 Å². The number of carbonyl (C=O) groups excluding carboxylic acids is 1. The predicted octanol–water partition coefficient (Wildman–Crippen LogP) is -16.8. The van der Waals surface area contributed by atoms with Gasteiger partial charge in [-0.25, -0.2) is 0 Å². The first-order chi connectivity index (χ1) is 3.92. The van der Waals surface area contributed by atoms with Crippen LogP contribution in [0.1, 0.15) is 6.42 Å². The van der Waals surface area contributed by atoms with Gasteiger partial charge in [-0.1, -0.05) is 0 Å². The Balaban J connectivity index is -0.0000000533. The summed E-state index contributed by atoms with van der Waals surface area (Å²) in [5, 5.41) is 9.54. The van der Waals surface area contributed by atoms with Gasteiger partial charge >= 0.3 is 118 Å². The first-order valence-electron chi connectivity index (χ1n) is 2.23. The first kappa shape index (κ1) is 30.0. The van der Waals surface area contributed by atoms with Gasteiger partial charge in [-0.05, 0) is 6.42 Å². The van der Waals surface area contributed by atoms with Crippen molar-refractivity contribution in [3.63, 3.8) is 0 Å². The second kappa shape index (κ2) is 15.6. The van der Waals surface area contributed by atoms with Crippen LogP contribution in [0.3, 0.4) is 0 Å². The molecule has 0 N–H and O–H groups in total. The molecule has 0 aliphatic rings. The average molecular weight is 240 g/mol. The van der Waals surface area contributed by atoms with Crippen LogP contribution in [0.5, 0.6) is 0 Å². The molecule has 0 aliphatic carbocycles. The van der Waals surface area contributed by atoms with E-state index in [4.69, 9.17) is 0 Å². The fourth-order valence-electron chi connectivity index (χ4n) is 0.255. The van der Waals surface area contributed by atoms with Gasteiger partial charge in [0.05, 0.1) is 0 Å². The van der Waals surface area contributed by atoms with Gasteiger partial charge < -0.3 is 24.3 Å². The van der Waals surface area contributed by atoms with Crippen molar-refractivity contribution in [3.8, 4) is 0 Å². The molecule has 5 nitrogen and oxygen atoms in total. The Labute approximate surface area is 166 Å². The smallest absolute Gasteiger partial charge is 0.881 e. The van der Waals surface area contributed by atoms with Gasteiger partial charge in [0.2, 0.25) is 0 Å². The van der Waals surface area contributed by atoms with Crippen molar-refractivity contribution in [2.45, 2.75) is 12.5 Å². The Hall–Kier alpha value is 3.57. The van der Waals surface area contributed by atoms with Crippen molar-refractivity contribution >= 4 is 14.8 Å². The molecule has 0 saturated heterocycles. The van der Waals surface area contributed by atoms with Crippen LogP contribution in [-0.2, 0) is 4.79 Å². The summed E-state index contributed by atoms with van der Waals surface area (Å²) < 4.78 is 0. The summed E-state index contributed by atoms with van der Waals surface area (Å²) >= 11 is 0. The minimum atomic E-state index is -4.89. The maximum absolute atomic E-state index is 9.74. The van der Waals surface area contributed by atoms with Gasteiger partial charge in [-0.2, -0.15) is 0 Å². The number of carboxylic acids is 1. The molecule has 0 aliphatic heterocycles. The summed E-state index contributed by atoms with van der Waals surface area (Å²) in [5.41, 5.74) is 0. The Morgan fingerprint density at radius 1 is 1.00 bits per heavy atom. The van der Waals surface area contributed by atoms with Gasteiger partial charge in [-0.3, -0.25) is 8.80 Å². The average Bonchev–Trinajstić information content (AvgIpc) is 1.59. The van der Waals surface area contributed by atoms with E-state index in [2.05, 4.69) is 0 Å². The Kier molecular flexibility index (Phi) is 35.9. The topological polar surface area (TPSA) is 109 Å². The molecule has 0 unspecified atom stereocenters. The van der Waals surface area contributed by atoms with Crippen molar-refractivity contribution < 1.29 is 143 Å². The standard InChI is InChI=1S/C3H5O5Si.4Na/c4-3(5)1-2-9(6,7)8;;;;/h1-2H2,(H,4,5);;;;/q-3;4*+1/p-1. The Morgan fingerprint density at radius 3 is 1.38 bits per heavy atom. The van der Waals surface area contributed by atoms with E-state index in [1.807, 2.05) is 0 Å². The molecule has 10 heteroatoms. The normalized spacial score (nSPS) is 7.92. The van der Waals surface area contributed by atoms with Gasteiger partial charge in [0.1, 0.15) is 0 Å². The number of carboxylic acid groups (broad SMARTS) is 1. The Bertz CT molecular complexity index is 117. The van der Waals surface area contributed by atoms with Gasteiger partial charge in [0.25, 0.3) is 0 Å². The second-order valence-electron chi connectivity index (χ2n) is 1.56. The summed E-state index contributed by atoms with van der Waals surface area (Å²) in [6.45, 7) is 0. The molecule has 0 atom stereocenters. The number of rotatable bonds is 3. The minimum Gasteiger partial charge on any atom is -0.881 e. The van der Waals surface area contributed by atoms with Crippen molar-refractivity contribution in [1.82, 2.24) is 0 Å². The number of hydrogen-bond donors (Lipinski definition) is 0. The molecular weight excluding hydrogens is 236 g/mol. The van der Waals surface area contributed by atoms with Gasteiger partial charge in [-0.15, -0.1) is 6.04 Å². The maximum atomic E-state index is 9.74. The minimum absolute atomic E-state index is 0.